The standard InChI is InChI=1S/C15H17N3OS/c1-10-9-20-14(18-10)8-17-15(19)13-6-11-4-2-3-5-12(11)7-16-13/h2-5,9,13,16H,6-8H2,1H3,(H,17,19)/t13-/m1/s1. The molecule has 0 fully saturated rings. The highest BCUT2D eigenvalue weighted by atomic mass is 32.1. The van der Waals surface area contributed by atoms with E-state index in [1.54, 1.807) is 11.3 Å². The van der Waals surface area contributed by atoms with Gasteiger partial charge in [-0.05, 0) is 24.5 Å². The van der Waals surface area contributed by atoms with Crippen LogP contribution in [0.2, 0.25) is 0 Å². The summed E-state index contributed by atoms with van der Waals surface area (Å²) in [6.45, 7) is 3.23. The second kappa shape index (κ2) is 5.73. The van der Waals surface area contributed by atoms with Crippen molar-refractivity contribution in [2.24, 2.45) is 0 Å². The van der Waals surface area contributed by atoms with Gasteiger partial charge in [0, 0.05) is 17.6 Å². The lowest BCUT2D eigenvalue weighted by atomic mass is 9.95. The van der Waals surface area contributed by atoms with Crippen LogP contribution in [0.25, 0.3) is 0 Å². The molecule has 5 heteroatoms. The van der Waals surface area contributed by atoms with E-state index in [0.717, 1.165) is 23.7 Å². The Hall–Kier alpha value is -1.72. The van der Waals surface area contributed by atoms with Gasteiger partial charge in [-0.1, -0.05) is 24.3 Å². The third kappa shape index (κ3) is 2.89. The van der Waals surface area contributed by atoms with E-state index >= 15 is 0 Å². The van der Waals surface area contributed by atoms with Crippen LogP contribution in [0.4, 0.5) is 0 Å². The number of amides is 1. The number of benzene rings is 1. The van der Waals surface area contributed by atoms with Crippen molar-refractivity contribution in [1.82, 2.24) is 15.6 Å². The van der Waals surface area contributed by atoms with Crippen molar-refractivity contribution in [3.8, 4) is 0 Å². The van der Waals surface area contributed by atoms with Crippen LogP contribution in [-0.4, -0.2) is 16.9 Å². The molecular weight excluding hydrogens is 270 g/mol. The summed E-state index contributed by atoms with van der Waals surface area (Å²) in [6.07, 6.45) is 0.749. The maximum absolute atomic E-state index is 12.2. The molecule has 4 nitrogen and oxygen atoms in total. The predicted molar refractivity (Wildman–Crippen MR) is 79.5 cm³/mol. The van der Waals surface area contributed by atoms with Crippen LogP contribution in [0, 0.1) is 6.92 Å². The number of nitrogens with zero attached hydrogens (tertiary/aromatic N) is 1. The number of aryl methyl sites for hydroxylation is 1. The maximum atomic E-state index is 12.2. The van der Waals surface area contributed by atoms with Crippen LogP contribution in [-0.2, 0) is 24.3 Å². The molecular formula is C15H17N3OS. The fraction of sp³-hybridized carbons (Fsp3) is 0.333. The van der Waals surface area contributed by atoms with Crippen molar-refractivity contribution >= 4 is 17.2 Å². The van der Waals surface area contributed by atoms with Gasteiger partial charge in [0.15, 0.2) is 0 Å². The SMILES string of the molecule is Cc1csc(CNC(=O)[C@H]2Cc3ccccc3CN2)n1. The van der Waals surface area contributed by atoms with Crippen LogP contribution in [0.1, 0.15) is 21.8 Å². The number of fused-ring (bicyclic) bond motifs is 1. The third-order valence-electron chi connectivity index (χ3n) is 3.48. The number of aromatic nitrogens is 1. The minimum atomic E-state index is -0.147. The van der Waals surface area contributed by atoms with E-state index < -0.39 is 0 Å². The van der Waals surface area contributed by atoms with Gasteiger partial charge in [0.1, 0.15) is 5.01 Å². The minimum Gasteiger partial charge on any atom is -0.348 e. The highest BCUT2D eigenvalue weighted by Crippen LogP contribution is 2.16. The Morgan fingerprint density at radius 3 is 3.00 bits per heavy atom. The molecule has 0 aliphatic carbocycles. The average molecular weight is 287 g/mol. The van der Waals surface area contributed by atoms with Crippen LogP contribution < -0.4 is 10.6 Å². The normalized spacial score (nSPS) is 17.6. The molecule has 2 heterocycles. The second-order valence-electron chi connectivity index (χ2n) is 5.01. The topological polar surface area (TPSA) is 54.0 Å². The number of hydrogen-bond donors (Lipinski definition) is 2. The van der Waals surface area contributed by atoms with Gasteiger partial charge >= 0.3 is 0 Å². The lowest BCUT2D eigenvalue weighted by Gasteiger charge is -2.25. The molecule has 3 rings (SSSR count). The smallest absolute Gasteiger partial charge is 0.237 e. The molecule has 1 atom stereocenters. The van der Waals surface area contributed by atoms with E-state index in [4.69, 9.17) is 0 Å². The first kappa shape index (κ1) is 13.3. The van der Waals surface area contributed by atoms with Gasteiger partial charge < -0.3 is 10.6 Å². The molecule has 1 amide bonds. The Balaban J connectivity index is 1.59. The zero-order valence-electron chi connectivity index (χ0n) is 11.3. The van der Waals surface area contributed by atoms with Crippen molar-refractivity contribution < 1.29 is 4.79 Å². The molecule has 1 aliphatic rings. The van der Waals surface area contributed by atoms with Crippen molar-refractivity contribution in [1.29, 1.82) is 0 Å². The van der Waals surface area contributed by atoms with E-state index in [2.05, 4.69) is 27.8 Å². The van der Waals surface area contributed by atoms with Crippen LogP contribution >= 0.6 is 11.3 Å². The van der Waals surface area contributed by atoms with Crippen LogP contribution in [0.15, 0.2) is 29.6 Å². The Kier molecular flexibility index (Phi) is 3.80. The van der Waals surface area contributed by atoms with E-state index in [0.29, 0.717) is 6.54 Å². The van der Waals surface area contributed by atoms with Crippen molar-refractivity contribution in [2.45, 2.75) is 32.5 Å². The largest absolute Gasteiger partial charge is 0.348 e. The zero-order valence-corrected chi connectivity index (χ0v) is 12.2. The molecule has 0 saturated carbocycles. The first-order chi connectivity index (χ1) is 9.72. The Morgan fingerprint density at radius 2 is 2.25 bits per heavy atom. The highest BCUT2D eigenvalue weighted by Gasteiger charge is 2.23. The lowest BCUT2D eigenvalue weighted by Crippen LogP contribution is -2.47. The van der Waals surface area contributed by atoms with Crippen LogP contribution in [0.5, 0.6) is 0 Å². The summed E-state index contributed by atoms with van der Waals surface area (Å²) in [4.78, 5) is 16.5. The van der Waals surface area contributed by atoms with Crippen molar-refractivity contribution in [2.75, 3.05) is 0 Å². The first-order valence-electron chi connectivity index (χ1n) is 6.71. The van der Waals surface area contributed by atoms with Gasteiger partial charge in [0.05, 0.1) is 12.6 Å². The summed E-state index contributed by atoms with van der Waals surface area (Å²) < 4.78 is 0. The zero-order chi connectivity index (χ0) is 13.9. The summed E-state index contributed by atoms with van der Waals surface area (Å²) in [5.74, 6) is 0.0485. The number of hydrogen-bond acceptors (Lipinski definition) is 4. The van der Waals surface area contributed by atoms with Gasteiger partial charge in [0.25, 0.3) is 0 Å². The Labute approximate surface area is 122 Å². The van der Waals surface area contributed by atoms with Gasteiger partial charge in [-0.2, -0.15) is 0 Å². The van der Waals surface area contributed by atoms with Gasteiger partial charge in [-0.15, -0.1) is 11.3 Å². The van der Waals surface area contributed by atoms with Gasteiger partial charge in [0.2, 0.25) is 5.91 Å². The molecule has 0 saturated heterocycles. The number of thiazole rings is 1. The summed E-state index contributed by atoms with van der Waals surface area (Å²) in [7, 11) is 0. The van der Waals surface area contributed by atoms with E-state index in [9.17, 15) is 4.79 Å². The molecule has 0 spiro atoms. The van der Waals surface area contributed by atoms with E-state index in [1.165, 1.54) is 11.1 Å². The molecule has 1 aliphatic heterocycles. The number of carbonyl (C=O) groups excluding carboxylic acids is 1. The molecule has 104 valence electrons. The van der Waals surface area contributed by atoms with E-state index in [-0.39, 0.29) is 11.9 Å². The predicted octanol–water partition coefficient (Wildman–Crippen LogP) is 1.78. The quantitative estimate of drug-likeness (QED) is 0.905. The molecule has 2 N–H and O–H groups in total. The molecule has 1 aromatic heterocycles. The molecule has 2 aromatic rings. The molecule has 0 radical (unpaired) electrons. The van der Waals surface area contributed by atoms with Gasteiger partial charge in [-0.25, -0.2) is 4.98 Å². The number of rotatable bonds is 3. The maximum Gasteiger partial charge on any atom is 0.237 e. The molecule has 0 bridgehead atoms. The average Bonchev–Trinajstić information content (AvgIpc) is 2.90. The highest BCUT2D eigenvalue weighted by molar-refractivity contribution is 7.09. The first-order valence-corrected chi connectivity index (χ1v) is 7.59. The molecule has 0 unspecified atom stereocenters. The Bertz CT molecular complexity index is 623. The summed E-state index contributed by atoms with van der Waals surface area (Å²) in [5.41, 5.74) is 3.55. The second-order valence-corrected chi connectivity index (χ2v) is 5.95. The summed E-state index contributed by atoms with van der Waals surface area (Å²) in [5, 5.41) is 9.19. The third-order valence-corrected chi connectivity index (χ3v) is 4.44. The number of carbonyl (C=O) groups is 1. The Morgan fingerprint density at radius 1 is 1.45 bits per heavy atom. The summed E-state index contributed by atoms with van der Waals surface area (Å²) in [6, 6.07) is 8.12. The fourth-order valence-corrected chi connectivity index (χ4v) is 3.12. The lowest BCUT2D eigenvalue weighted by molar-refractivity contribution is -0.123. The monoisotopic (exact) mass is 287 g/mol. The van der Waals surface area contributed by atoms with Crippen LogP contribution in [0.3, 0.4) is 0 Å². The molecule has 20 heavy (non-hydrogen) atoms. The fourth-order valence-electron chi connectivity index (χ4n) is 2.41. The number of nitrogens with one attached hydrogen (secondary N) is 2. The summed E-state index contributed by atoms with van der Waals surface area (Å²) >= 11 is 1.58. The molecule has 1 aromatic carbocycles. The minimum absolute atomic E-state index is 0.0485. The van der Waals surface area contributed by atoms with Crippen molar-refractivity contribution in [3.05, 3.63) is 51.5 Å². The van der Waals surface area contributed by atoms with Crippen molar-refractivity contribution in [3.63, 3.8) is 0 Å². The van der Waals surface area contributed by atoms with E-state index in [1.807, 2.05) is 24.4 Å². The van der Waals surface area contributed by atoms with Gasteiger partial charge in [-0.3, -0.25) is 4.79 Å².